The summed E-state index contributed by atoms with van der Waals surface area (Å²) in [5, 5.41) is 11.7. The van der Waals surface area contributed by atoms with Crippen molar-refractivity contribution >= 4 is 28.2 Å². The molecule has 0 saturated heterocycles. The van der Waals surface area contributed by atoms with Crippen molar-refractivity contribution in [3.63, 3.8) is 0 Å². The minimum absolute atomic E-state index is 0.0209. The van der Waals surface area contributed by atoms with Gasteiger partial charge in [-0.2, -0.15) is 0 Å². The quantitative estimate of drug-likeness (QED) is 0.404. The second-order valence-electron chi connectivity index (χ2n) is 4.67. The van der Waals surface area contributed by atoms with E-state index in [4.69, 9.17) is 11.6 Å². The number of hydrogen-bond donors (Lipinski definition) is 0. The SMILES string of the molecule is Cc1cccc(-c2nc(Cl)c3ccc([N+](=O)[O-])cc3n2)c1. The van der Waals surface area contributed by atoms with E-state index in [-0.39, 0.29) is 10.8 Å². The molecule has 0 fully saturated rings. The van der Waals surface area contributed by atoms with Crippen LogP contribution in [0.5, 0.6) is 0 Å². The van der Waals surface area contributed by atoms with E-state index in [1.807, 2.05) is 31.2 Å². The average molecular weight is 300 g/mol. The zero-order valence-corrected chi connectivity index (χ0v) is 11.8. The second kappa shape index (κ2) is 5.10. The van der Waals surface area contributed by atoms with Gasteiger partial charge in [-0.15, -0.1) is 0 Å². The number of benzene rings is 2. The molecule has 5 nitrogen and oxygen atoms in total. The molecule has 0 atom stereocenters. The van der Waals surface area contributed by atoms with Crippen molar-refractivity contribution in [1.29, 1.82) is 0 Å². The van der Waals surface area contributed by atoms with Crippen LogP contribution in [0.2, 0.25) is 5.15 Å². The molecule has 104 valence electrons. The standard InChI is InChI=1S/C15H10ClN3O2/c1-9-3-2-4-10(7-9)15-17-13-8-11(19(20)21)5-6-12(13)14(16)18-15/h2-8H,1H3. The Kier molecular flexibility index (Phi) is 3.27. The third-order valence-electron chi connectivity index (χ3n) is 3.12. The van der Waals surface area contributed by atoms with E-state index in [1.54, 1.807) is 6.07 Å². The van der Waals surface area contributed by atoms with E-state index in [9.17, 15) is 10.1 Å². The normalized spacial score (nSPS) is 10.8. The van der Waals surface area contributed by atoms with Crippen molar-refractivity contribution < 1.29 is 4.92 Å². The van der Waals surface area contributed by atoms with Gasteiger partial charge in [0, 0.05) is 23.1 Å². The van der Waals surface area contributed by atoms with E-state index >= 15 is 0 Å². The summed E-state index contributed by atoms with van der Waals surface area (Å²) < 4.78 is 0. The maximum atomic E-state index is 10.9. The fourth-order valence-electron chi connectivity index (χ4n) is 2.11. The molecule has 1 aromatic heterocycles. The Balaban J connectivity index is 2.23. The number of nitro groups is 1. The first-order valence-corrected chi connectivity index (χ1v) is 6.61. The summed E-state index contributed by atoms with van der Waals surface area (Å²) in [6, 6.07) is 12.1. The lowest BCUT2D eigenvalue weighted by molar-refractivity contribution is -0.384. The van der Waals surface area contributed by atoms with E-state index in [1.165, 1.54) is 12.1 Å². The summed E-state index contributed by atoms with van der Waals surface area (Å²) in [4.78, 5) is 19.1. The predicted molar refractivity (Wildman–Crippen MR) is 81.4 cm³/mol. The van der Waals surface area contributed by atoms with Gasteiger partial charge in [-0.1, -0.05) is 35.4 Å². The molecule has 0 saturated carbocycles. The molecule has 0 radical (unpaired) electrons. The monoisotopic (exact) mass is 299 g/mol. The van der Waals surface area contributed by atoms with Gasteiger partial charge >= 0.3 is 0 Å². The minimum Gasteiger partial charge on any atom is -0.258 e. The van der Waals surface area contributed by atoms with Gasteiger partial charge in [0.25, 0.3) is 5.69 Å². The Morgan fingerprint density at radius 2 is 1.95 bits per heavy atom. The van der Waals surface area contributed by atoms with Crippen LogP contribution in [0.25, 0.3) is 22.3 Å². The highest BCUT2D eigenvalue weighted by Crippen LogP contribution is 2.27. The number of non-ortho nitro benzene ring substituents is 1. The lowest BCUT2D eigenvalue weighted by Crippen LogP contribution is -1.94. The third kappa shape index (κ3) is 2.55. The van der Waals surface area contributed by atoms with Crippen LogP contribution in [0, 0.1) is 17.0 Å². The molecular formula is C15H10ClN3O2. The molecule has 2 aromatic carbocycles. The highest BCUT2D eigenvalue weighted by Gasteiger charge is 2.12. The maximum absolute atomic E-state index is 10.9. The number of hydrogen-bond acceptors (Lipinski definition) is 4. The predicted octanol–water partition coefficient (Wildman–Crippen LogP) is 4.17. The molecule has 0 amide bonds. The zero-order valence-electron chi connectivity index (χ0n) is 11.1. The van der Waals surface area contributed by atoms with E-state index in [0.717, 1.165) is 11.1 Å². The van der Waals surface area contributed by atoms with Crippen molar-refractivity contribution in [2.75, 3.05) is 0 Å². The van der Waals surface area contributed by atoms with Gasteiger partial charge in [0.05, 0.1) is 10.4 Å². The summed E-state index contributed by atoms with van der Waals surface area (Å²) in [6.07, 6.45) is 0. The minimum atomic E-state index is -0.457. The summed E-state index contributed by atoms with van der Waals surface area (Å²) in [5.74, 6) is 0.455. The van der Waals surface area contributed by atoms with Crippen molar-refractivity contribution in [3.05, 3.63) is 63.3 Å². The Morgan fingerprint density at radius 1 is 1.14 bits per heavy atom. The molecule has 3 rings (SSSR count). The largest absolute Gasteiger partial charge is 0.271 e. The lowest BCUT2D eigenvalue weighted by Gasteiger charge is -2.05. The van der Waals surface area contributed by atoms with E-state index in [2.05, 4.69) is 9.97 Å². The molecule has 0 spiro atoms. The molecule has 1 heterocycles. The van der Waals surface area contributed by atoms with Crippen LogP contribution >= 0.6 is 11.6 Å². The van der Waals surface area contributed by atoms with Gasteiger partial charge in [0.1, 0.15) is 5.15 Å². The van der Waals surface area contributed by atoms with Crippen molar-refractivity contribution in [3.8, 4) is 11.4 Å². The van der Waals surface area contributed by atoms with Crippen LogP contribution in [0.4, 0.5) is 5.69 Å². The third-order valence-corrected chi connectivity index (χ3v) is 3.41. The summed E-state index contributed by atoms with van der Waals surface area (Å²) >= 11 is 6.16. The van der Waals surface area contributed by atoms with Crippen molar-refractivity contribution in [1.82, 2.24) is 9.97 Å². The van der Waals surface area contributed by atoms with Crippen molar-refractivity contribution in [2.45, 2.75) is 6.92 Å². The Hall–Kier alpha value is -2.53. The molecule has 0 aliphatic carbocycles. The Morgan fingerprint density at radius 3 is 2.67 bits per heavy atom. The number of nitro benzene ring substituents is 1. The topological polar surface area (TPSA) is 68.9 Å². The van der Waals surface area contributed by atoms with Gasteiger partial charge in [0.15, 0.2) is 5.82 Å². The number of aryl methyl sites for hydroxylation is 1. The highest BCUT2D eigenvalue weighted by atomic mass is 35.5. The molecule has 3 aromatic rings. The van der Waals surface area contributed by atoms with E-state index < -0.39 is 4.92 Å². The van der Waals surface area contributed by atoms with Gasteiger partial charge in [-0.3, -0.25) is 10.1 Å². The van der Waals surface area contributed by atoms with Crippen LogP contribution < -0.4 is 0 Å². The fourth-order valence-corrected chi connectivity index (χ4v) is 2.35. The van der Waals surface area contributed by atoms with Crippen LogP contribution in [0.15, 0.2) is 42.5 Å². The van der Waals surface area contributed by atoms with Crippen LogP contribution in [-0.4, -0.2) is 14.9 Å². The molecule has 0 unspecified atom stereocenters. The number of rotatable bonds is 2. The summed E-state index contributed by atoms with van der Waals surface area (Å²) in [6.45, 7) is 1.97. The number of aromatic nitrogens is 2. The van der Waals surface area contributed by atoms with Gasteiger partial charge in [-0.05, 0) is 19.1 Å². The van der Waals surface area contributed by atoms with Gasteiger partial charge in [-0.25, -0.2) is 9.97 Å². The Labute approximate surface area is 125 Å². The zero-order chi connectivity index (χ0) is 15.0. The number of halogens is 1. The van der Waals surface area contributed by atoms with Gasteiger partial charge in [0.2, 0.25) is 0 Å². The molecule has 21 heavy (non-hydrogen) atoms. The molecule has 6 heteroatoms. The smallest absolute Gasteiger partial charge is 0.258 e. The molecular weight excluding hydrogens is 290 g/mol. The molecule has 0 aliphatic rings. The number of nitrogens with zero attached hydrogens (tertiary/aromatic N) is 3. The van der Waals surface area contributed by atoms with Crippen LogP contribution in [-0.2, 0) is 0 Å². The average Bonchev–Trinajstić information content (AvgIpc) is 2.46. The van der Waals surface area contributed by atoms with Gasteiger partial charge < -0.3 is 0 Å². The van der Waals surface area contributed by atoms with Crippen LogP contribution in [0.1, 0.15) is 5.56 Å². The highest BCUT2D eigenvalue weighted by molar-refractivity contribution is 6.34. The molecule has 0 aliphatic heterocycles. The fraction of sp³-hybridized carbons (Fsp3) is 0.0667. The molecule has 0 N–H and O–H groups in total. The molecule has 0 bridgehead atoms. The second-order valence-corrected chi connectivity index (χ2v) is 5.02. The van der Waals surface area contributed by atoms with Crippen molar-refractivity contribution in [2.24, 2.45) is 0 Å². The number of fused-ring (bicyclic) bond motifs is 1. The summed E-state index contributed by atoms with van der Waals surface area (Å²) in [5.41, 5.74) is 2.34. The summed E-state index contributed by atoms with van der Waals surface area (Å²) in [7, 11) is 0. The maximum Gasteiger partial charge on any atom is 0.271 e. The van der Waals surface area contributed by atoms with E-state index in [0.29, 0.717) is 16.7 Å². The first-order valence-electron chi connectivity index (χ1n) is 6.23. The Bertz CT molecular complexity index is 865. The van der Waals surface area contributed by atoms with Crippen LogP contribution in [0.3, 0.4) is 0 Å². The lowest BCUT2D eigenvalue weighted by atomic mass is 10.1. The first-order chi connectivity index (χ1) is 10.0. The first kappa shape index (κ1) is 13.5.